The smallest absolute Gasteiger partial charge is 0.184 e. The highest BCUT2D eigenvalue weighted by Crippen LogP contribution is 2.22. The zero-order valence-electron chi connectivity index (χ0n) is 13.4. The molecule has 2 aromatic heterocycles. The number of fused-ring (bicyclic) bond motifs is 1. The van der Waals surface area contributed by atoms with E-state index in [1.165, 1.54) is 12.4 Å². The van der Waals surface area contributed by atoms with Gasteiger partial charge < -0.3 is 9.80 Å². The normalized spacial score (nSPS) is 16.0. The first kappa shape index (κ1) is 14.9. The van der Waals surface area contributed by atoms with E-state index in [0.29, 0.717) is 23.3 Å². The lowest BCUT2D eigenvalue weighted by atomic mass is 10.2. The third kappa shape index (κ3) is 2.69. The molecule has 4 rings (SSSR count). The minimum atomic E-state index is -0.255. The van der Waals surface area contributed by atoms with Gasteiger partial charge >= 0.3 is 0 Å². The van der Waals surface area contributed by atoms with Crippen molar-refractivity contribution in [3.8, 4) is 0 Å². The summed E-state index contributed by atoms with van der Waals surface area (Å²) in [6, 6.07) is 6.67. The average Bonchev–Trinajstić information content (AvgIpc) is 3.01. The third-order valence-electron chi connectivity index (χ3n) is 4.36. The number of hydrogen-bond acceptors (Lipinski definition) is 6. The van der Waals surface area contributed by atoms with E-state index in [2.05, 4.69) is 37.1 Å². The summed E-state index contributed by atoms with van der Waals surface area (Å²) in [6.45, 7) is 4.04. The Morgan fingerprint density at radius 3 is 2.67 bits per heavy atom. The molecule has 0 radical (unpaired) electrons. The lowest BCUT2D eigenvalue weighted by Crippen LogP contribution is -2.44. The lowest BCUT2D eigenvalue weighted by Gasteiger charge is -2.32. The minimum Gasteiger partial charge on any atom is -0.352 e. The largest absolute Gasteiger partial charge is 0.352 e. The van der Waals surface area contributed by atoms with Crippen LogP contribution < -0.4 is 4.90 Å². The summed E-state index contributed by atoms with van der Waals surface area (Å²) in [5.74, 6) is 0.544. The number of aromatic nitrogens is 5. The van der Waals surface area contributed by atoms with Crippen molar-refractivity contribution in [1.29, 1.82) is 0 Å². The molecule has 8 heteroatoms. The second-order valence-corrected chi connectivity index (χ2v) is 6.00. The highest BCUT2D eigenvalue weighted by Gasteiger charge is 2.21. The van der Waals surface area contributed by atoms with Gasteiger partial charge in [-0.25, -0.2) is 19.0 Å². The van der Waals surface area contributed by atoms with Crippen LogP contribution >= 0.6 is 0 Å². The molecule has 0 N–H and O–H groups in total. The Kier molecular flexibility index (Phi) is 3.81. The molecule has 124 valence electrons. The molecule has 1 fully saturated rings. The molecule has 0 saturated carbocycles. The molecule has 7 nitrogen and oxygen atoms in total. The summed E-state index contributed by atoms with van der Waals surface area (Å²) >= 11 is 0. The van der Waals surface area contributed by atoms with Crippen LogP contribution in [0.3, 0.4) is 0 Å². The quantitative estimate of drug-likeness (QED) is 0.719. The second kappa shape index (κ2) is 6.12. The van der Waals surface area contributed by atoms with E-state index in [0.717, 1.165) is 32.0 Å². The monoisotopic (exact) mass is 327 g/mol. The van der Waals surface area contributed by atoms with Gasteiger partial charge in [0, 0.05) is 31.7 Å². The molecule has 1 aliphatic heterocycles. The number of piperazine rings is 1. The summed E-state index contributed by atoms with van der Waals surface area (Å²) < 4.78 is 15.5. The fourth-order valence-corrected chi connectivity index (χ4v) is 2.92. The van der Waals surface area contributed by atoms with Crippen LogP contribution in [0.5, 0.6) is 0 Å². The first-order chi connectivity index (χ1) is 11.7. The predicted molar refractivity (Wildman–Crippen MR) is 88.3 cm³/mol. The molecule has 0 atom stereocenters. The van der Waals surface area contributed by atoms with Crippen molar-refractivity contribution in [2.24, 2.45) is 0 Å². The highest BCUT2D eigenvalue weighted by atomic mass is 19.1. The van der Waals surface area contributed by atoms with Gasteiger partial charge in [0.15, 0.2) is 17.0 Å². The SMILES string of the molecule is CN1CCN(c2ncnc3c2nnn3Cc2ccccc2F)CC1. The minimum absolute atomic E-state index is 0.255. The molecule has 3 aromatic rings. The summed E-state index contributed by atoms with van der Waals surface area (Å²) in [5, 5.41) is 8.41. The highest BCUT2D eigenvalue weighted by molar-refractivity contribution is 5.82. The Balaban J connectivity index is 1.68. The average molecular weight is 327 g/mol. The molecular formula is C16H18FN7. The van der Waals surface area contributed by atoms with Crippen molar-refractivity contribution >= 4 is 17.0 Å². The van der Waals surface area contributed by atoms with Crippen LogP contribution in [-0.4, -0.2) is 63.1 Å². The Labute approximate surface area is 138 Å². The number of benzene rings is 1. The topological polar surface area (TPSA) is 63.0 Å². The Bertz CT molecular complexity index is 855. The van der Waals surface area contributed by atoms with Gasteiger partial charge in [-0.15, -0.1) is 5.10 Å². The maximum absolute atomic E-state index is 13.9. The molecule has 1 aromatic carbocycles. The van der Waals surface area contributed by atoms with E-state index in [1.54, 1.807) is 16.8 Å². The van der Waals surface area contributed by atoms with E-state index < -0.39 is 0 Å². The number of hydrogen-bond donors (Lipinski definition) is 0. The maximum atomic E-state index is 13.9. The van der Waals surface area contributed by atoms with Crippen LogP contribution in [0.1, 0.15) is 5.56 Å². The van der Waals surface area contributed by atoms with Crippen molar-refractivity contribution < 1.29 is 4.39 Å². The summed E-state index contributed by atoms with van der Waals surface area (Å²) in [5.41, 5.74) is 1.85. The number of anilines is 1. The van der Waals surface area contributed by atoms with Gasteiger partial charge in [-0.05, 0) is 13.1 Å². The van der Waals surface area contributed by atoms with Crippen molar-refractivity contribution in [1.82, 2.24) is 29.9 Å². The molecule has 0 spiro atoms. The molecule has 1 saturated heterocycles. The summed E-state index contributed by atoms with van der Waals surface area (Å²) in [6.07, 6.45) is 1.52. The van der Waals surface area contributed by atoms with Crippen LogP contribution in [0.25, 0.3) is 11.2 Å². The molecule has 1 aliphatic rings. The van der Waals surface area contributed by atoms with Crippen molar-refractivity contribution in [2.45, 2.75) is 6.54 Å². The van der Waals surface area contributed by atoms with Gasteiger partial charge in [0.1, 0.15) is 12.1 Å². The molecule has 0 aliphatic carbocycles. The fourth-order valence-electron chi connectivity index (χ4n) is 2.92. The molecule has 0 unspecified atom stereocenters. The van der Waals surface area contributed by atoms with E-state index in [9.17, 15) is 4.39 Å². The molecule has 0 bridgehead atoms. The van der Waals surface area contributed by atoms with Gasteiger partial charge in [0.2, 0.25) is 0 Å². The van der Waals surface area contributed by atoms with Gasteiger partial charge in [-0.3, -0.25) is 0 Å². The van der Waals surface area contributed by atoms with Crippen LogP contribution in [0, 0.1) is 5.82 Å². The zero-order chi connectivity index (χ0) is 16.5. The molecular weight excluding hydrogens is 309 g/mol. The number of likely N-dealkylation sites (N-methyl/N-ethyl adjacent to an activating group) is 1. The van der Waals surface area contributed by atoms with Gasteiger partial charge in [0.05, 0.1) is 6.54 Å². The third-order valence-corrected chi connectivity index (χ3v) is 4.36. The predicted octanol–water partition coefficient (Wildman–Crippen LogP) is 1.16. The van der Waals surface area contributed by atoms with Gasteiger partial charge in [-0.1, -0.05) is 23.4 Å². The Morgan fingerprint density at radius 2 is 1.88 bits per heavy atom. The van der Waals surface area contributed by atoms with Crippen LogP contribution in [-0.2, 0) is 6.54 Å². The van der Waals surface area contributed by atoms with Crippen molar-refractivity contribution in [3.05, 3.63) is 42.0 Å². The number of rotatable bonds is 3. The van der Waals surface area contributed by atoms with E-state index >= 15 is 0 Å². The van der Waals surface area contributed by atoms with Gasteiger partial charge in [0.25, 0.3) is 0 Å². The first-order valence-corrected chi connectivity index (χ1v) is 7.93. The Hall–Kier alpha value is -2.61. The van der Waals surface area contributed by atoms with Crippen molar-refractivity contribution in [3.63, 3.8) is 0 Å². The van der Waals surface area contributed by atoms with Crippen LogP contribution in [0.4, 0.5) is 10.2 Å². The summed E-state index contributed by atoms with van der Waals surface area (Å²) in [4.78, 5) is 13.2. The standard InChI is InChI=1S/C16H18FN7/c1-22-6-8-23(9-7-22)15-14-16(19-11-18-15)24(21-20-14)10-12-4-2-3-5-13(12)17/h2-5,11H,6-10H2,1H3. The van der Waals surface area contributed by atoms with Crippen LogP contribution in [0.2, 0.25) is 0 Å². The second-order valence-electron chi connectivity index (χ2n) is 6.00. The fraction of sp³-hybridized carbons (Fsp3) is 0.375. The zero-order valence-corrected chi connectivity index (χ0v) is 13.4. The lowest BCUT2D eigenvalue weighted by molar-refractivity contribution is 0.312. The molecule has 24 heavy (non-hydrogen) atoms. The molecule has 0 amide bonds. The van der Waals surface area contributed by atoms with E-state index in [1.807, 2.05) is 6.07 Å². The van der Waals surface area contributed by atoms with Crippen molar-refractivity contribution in [2.75, 3.05) is 38.1 Å². The van der Waals surface area contributed by atoms with E-state index in [-0.39, 0.29) is 5.82 Å². The van der Waals surface area contributed by atoms with Gasteiger partial charge in [-0.2, -0.15) is 0 Å². The number of halogens is 1. The number of nitrogens with zero attached hydrogens (tertiary/aromatic N) is 7. The van der Waals surface area contributed by atoms with E-state index in [4.69, 9.17) is 0 Å². The maximum Gasteiger partial charge on any atom is 0.184 e. The summed E-state index contributed by atoms with van der Waals surface area (Å²) in [7, 11) is 2.11. The Morgan fingerprint density at radius 1 is 1.08 bits per heavy atom. The first-order valence-electron chi connectivity index (χ1n) is 7.93. The molecule has 3 heterocycles. The van der Waals surface area contributed by atoms with Crippen LogP contribution in [0.15, 0.2) is 30.6 Å².